The molecule has 4 amide bonds. The Bertz CT molecular complexity index is 1220. The van der Waals surface area contributed by atoms with Gasteiger partial charge in [-0.3, -0.25) is 19.7 Å². The first-order valence-corrected chi connectivity index (χ1v) is 11.6. The number of nitrogens with one attached hydrogen (secondary N) is 2. The van der Waals surface area contributed by atoms with Gasteiger partial charge in [0.05, 0.1) is 17.2 Å². The number of carbonyl (C=O) groups is 4. The summed E-state index contributed by atoms with van der Waals surface area (Å²) in [6.07, 6.45) is -1.47. The molecule has 10 heteroatoms. The van der Waals surface area contributed by atoms with Crippen LogP contribution in [0.2, 0.25) is 0 Å². The molecule has 4 rings (SSSR count). The van der Waals surface area contributed by atoms with Gasteiger partial charge in [-0.2, -0.15) is 5.26 Å². The zero-order valence-corrected chi connectivity index (χ0v) is 20.1. The number of likely N-dealkylation sites (N-methyl/N-ethyl adjacent to an activating group) is 1. The molecule has 2 saturated heterocycles. The zero-order valence-electron chi connectivity index (χ0n) is 20.1. The third kappa shape index (κ3) is 4.47. The molecule has 2 aliphatic rings. The molecule has 0 radical (unpaired) electrons. The number of para-hydroxylation sites is 1. The van der Waals surface area contributed by atoms with Crippen molar-refractivity contribution in [2.24, 2.45) is 5.92 Å². The molecule has 0 saturated carbocycles. The smallest absolute Gasteiger partial charge is 0.412 e. The van der Waals surface area contributed by atoms with Gasteiger partial charge in [0.2, 0.25) is 5.91 Å². The summed E-state index contributed by atoms with van der Waals surface area (Å²) in [4.78, 5) is 55.0. The van der Waals surface area contributed by atoms with Gasteiger partial charge in [0.1, 0.15) is 5.92 Å². The molecule has 2 fully saturated rings. The van der Waals surface area contributed by atoms with E-state index in [2.05, 4.69) is 10.6 Å². The van der Waals surface area contributed by atoms with Crippen molar-refractivity contribution in [3.63, 3.8) is 0 Å². The van der Waals surface area contributed by atoms with Gasteiger partial charge in [0.25, 0.3) is 11.8 Å². The number of hydrogen-bond acceptors (Lipinski definition) is 6. The summed E-state index contributed by atoms with van der Waals surface area (Å²) in [5, 5.41) is 14.3. The summed E-state index contributed by atoms with van der Waals surface area (Å²) in [6.45, 7) is 0.591. The van der Waals surface area contributed by atoms with Crippen LogP contribution >= 0.6 is 0 Å². The molecule has 2 N–H and O–H groups in total. The second kappa shape index (κ2) is 10.1. The summed E-state index contributed by atoms with van der Waals surface area (Å²) in [5.74, 6) is -2.04. The SMILES string of the molecule is CNC(=O)[C@@H]1[C@@H](OC(=O)Nc2ccccc2)C(=O)N(C)C12CCN(C(=O)c1cccc(C#N)c1)CC2. The van der Waals surface area contributed by atoms with Gasteiger partial charge < -0.3 is 19.9 Å². The Morgan fingerprint density at radius 1 is 1.08 bits per heavy atom. The molecule has 2 heterocycles. The molecule has 36 heavy (non-hydrogen) atoms. The number of nitriles is 1. The Morgan fingerprint density at radius 3 is 2.42 bits per heavy atom. The third-order valence-electron chi connectivity index (χ3n) is 7.06. The van der Waals surface area contributed by atoms with E-state index in [0.29, 0.717) is 42.7 Å². The second-order valence-corrected chi connectivity index (χ2v) is 8.89. The number of carbonyl (C=O) groups excluding carboxylic acids is 4. The predicted octanol–water partition coefficient (Wildman–Crippen LogP) is 1.98. The maximum atomic E-state index is 13.2. The number of amides is 4. The van der Waals surface area contributed by atoms with Crippen LogP contribution in [-0.4, -0.2) is 72.4 Å². The molecule has 186 valence electrons. The Hall–Kier alpha value is -4.39. The number of piperidine rings is 1. The number of ether oxygens (including phenoxy) is 1. The number of likely N-dealkylation sites (tertiary alicyclic amines) is 2. The van der Waals surface area contributed by atoms with Crippen molar-refractivity contribution in [2.45, 2.75) is 24.5 Å². The number of nitrogens with zero attached hydrogens (tertiary/aromatic N) is 3. The molecule has 0 aromatic heterocycles. The minimum Gasteiger partial charge on any atom is -0.435 e. The quantitative estimate of drug-likeness (QED) is 0.675. The van der Waals surface area contributed by atoms with Gasteiger partial charge in [0, 0.05) is 38.4 Å². The largest absolute Gasteiger partial charge is 0.435 e. The third-order valence-corrected chi connectivity index (χ3v) is 7.06. The first-order valence-electron chi connectivity index (χ1n) is 11.6. The summed E-state index contributed by atoms with van der Waals surface area (Å²) in [7, 11) is 3.07. The highest BCUT2D eigenvalue weighted by atomic mass is 16.6. The summed E-state index contributed by atoms with van der Waals surface area (Å²) in [5.41, 5.74) is 0.381. The number of rotatable bonds is 4. The van der Waals surface area contributed by atoms with Crippen molar-refractivity contribution in [3.05, 3.63) is 65.7 Å². The Kier molecular flexibility index (Phi) is 6.92. The molecule has 2 atom stereocenters. The van der Waals surface area contributed by atoms with E-state index in [1.807, 2.05) is 6.07 Å². The lowest BCUT2D eigenvalue weighted by atomic mass is 9.75. The minimum atomic E-state index is -1.30. The normalized spacial score (nSPS) is 20.5. The Morgan fingerprint density at radius 2 is 1.78 bits per heavy atom. The standard InChI is InChI=1S/C26H27N5O5/c1-28-22(32)20-21(36-25(35)29-19-9-4-3-5-10-19)24(34)30(2)26(20)11-13-31(14-12-26)23(33)18-8-6-7-17(15-18)16-27/h3-10,15,20-21H,11-14H2,1-2H3,(H,28,32)(H,29,35)/t20-,21+/m0/s1. The summed E-state index contributed by atoms with van der Waals surface area (Å²) in [6, 6.07) is 17.2. The van der Waals surface area contributed by atoms with Crippen LogP contribution < -0.4 is 10.6 Å². The highest BCUT2D eigenvalue weighted by Crippen LogP contribution is 2.44. The number of anilines is 1. The van der Waals surface area contributed by atoms with E-state index in [1.54, 1.807) is 66.5 Å². The maximum absolute atomic E-state index is 13.2. The topological polar surface area (TPSA) is 132 Å². The molecule has 1 spiro atoms. The van der Waals surface area contributed by atoms with E-state index in [4.69, 9.17) is 10.00 Å². The number of benzene rings is 2. The summed E-state index contributed by atoms with van der Waals surface area (Å²) < 4.78 is 5.52. The maximum Gasteiger partial charge on any atom is 0.412 e. The molecular formula is C26H27N5O5. The monoisotopic (exact) mass is 489 g/mol. The van der Waals surface area contributed by atoms with Crippen molar-refractivity contribution >= 4 is 29.5 Å². The van der Waals surface area contributed by atoms with Gasteiger partial charge in [-0.1, -0.05) is 24.3 Å². The molecule has 0 unspecified atom stereocenters. The lowest BCUT2D eigenvalue weighted by Gasteiger charge is -2.45. The van der Waals surface area contributed by atoms with Crippen LogP contribution in [0.15, 0.2) is 54.6 Å². The van der Waals surface area contributed by atoms with Crippen molar-refractivity contribution in [1.29, 1.82) is 5.26 Å². The lowest BCUT2D eigenvalue weighted by Crippen LogP contribution is -2.58. The van der Waals surface area contributed by atoms with Crippen LogP contribution in [-0.2, 0) is 14.3 Å². The average Bonchev–Trinajstić information content (AvgIpc) is 3.10. The van der Waals surface area contributed by atoms with E-state index >= 15 is 0 Å². The van der Waals surface area contributed by atoms with Crippen LogP contribution in [0.25, 0.3) is 0 Å². The molecule has 0 bridgehead atoms. The molecule has 2 aromatic carbocycles. The first kappa shape index (κ1) is 24.7. The van der Waals surface area contributed by atoms with Crippen molar-refractivity contribution in [1.82, 2.24) is 15.1 Å². The fourth-order valence-corrected chi connectivity index (χ4v) is 5.13. The van der Waals surface area contributed by atoms with Crippen molar-refractivity contribution < 1.29 is 23.9 Å². The van der Waals surface area contributed by atoms with E-state index < -0.39 is 35.5 Å². The van der Waals surface area contributed by atoms with Crippen molar-refractivity contribution in [3.8, 4) is 6.07 Å². The van der Waals surface area contributed by atoms with E-state index in [0.717, 1.165) is 0 Å². The lowest BCUT2D eigenvalue weighted by molar-refractivity contribution is -0.137. The van der Waals surface area contributed by atoms with E-state index in [-0.39, 0.29) is 5.91 Å². The molecule has 2 aliphatic heterocycles. The highest BCUT2D eigenvalue weighted by Gasteiger charge is 2.62. The zero-order chi connectivity index (χ0) is 25.9. The van der Waals surface area contributed by atoms with Gasteiger partial charge in [-0.05, 0) is 43.2 Å². The van der Waals surface area contributed by atoms with E-state index in [1.165, 1.54) is 11.9 Å². The average molecular weight is 490 g/mol. The van der Waals surface area contributed by atoms with Crippen LogP contribution in [0, 0.1) is 17.2 Å². The van der Waals surface area contributed by atoms with Crippen LogP contribution in [0.5, 0.6) is 0 Å². The minimum absolute atomic E-state index is 0.222. The van der Waals surface area contributed by atoms with Gasteiger partial charge in [-0.25, -0.2) is 4.79 Å². The first-order chi connectivity index (χ1) is 17.3. The van der Waals surface area contributed by atoms with Crippen LogP contribution in [0.1, 0.15) is 28.8 Å². The Balaban J connectivity index is 1.53. The second-order valence-electron chi connectivity index (χ2n) is 8.89. The highest BCUT2D eigenvalue weighted by molar-refractivity contribution is 5.97. The van der Waals surface area contributed by atoms with Crippen LogP contribution in [0.3, 0.4) is 0 Å². The predicted molar refractivity (Wildman–Crippen MR) is 130 cm³/mol. The summed E-state index contributed by atoms with van der Waals surface area (Å²) >= 11 is 0. The molecular weight excluding hydrogens is 462 g/mol. The van der Waals surface area contributed by atoms with E-state index in [9.17, 15) is 19.2 Å². The Labute approximate surface area is 208 Å². The van der Waals surface area contributed by atoms with Crippen molar-refractivity contribution in [2.75, 3.05) is 32.5 Å². The fraction of sp³-hybridized carbons (Fsp3) is 0.346. The molecule has 2 aromatic rings. The molecule has 10 nitrogen and oxygen atoms in total. The molecule has 0 aliphatic carbocycles. The van der Waals surface area contributed by atoms with Crippen LogP contribution in [0.4, 0.5) is 10.5 Å². The number of hydrogen-bond donors (Lipinski definition) is 2. The van der Waals surface area contributed by atoms with Gasteiger partial charge in [0.15, 0.2) is 6.10 Å². The van der Waals surface area contributed by atoms with Gasteiger partial charge in [-0.15, -0.1) is 0 Å². The van der Waals surface area contributed by atoms with Gasteiger partial charge >= 0.3 is 6.09 Å². The fourth-order valence-electron chi connectivity index (χ4n) is 5.13.